The van der Waals surface area contributed by atoms with E-state index in [4.69, 9.17) is 19.3 Å². The van der Waals surface area contributed by atoms with Crippen molar-refractivity contribution in [2.45, 2.75) is 31.4 Å². The molecule has 5 rings (SSSR count). The zero-order chi connectivity index (χ0) is 27.7. The zero-order valence-electron chi connectivity index (χ0n) is 22.3. The standard InChI is InChI=1S/C28H31FN4O5S/c1-28(2,3)26-24-25(17-5-10-20-21(13-17)38-16-37-20)39-15-23(35)32(14-22(34)30-11-12-36-4)27(24)33(31-26)19-8-6-18(29)7-9-19/h5-10,13,25H,11-12,14-16H2,1-4H3,(H,30,34). The van der Waals surface area contributed by atoms with Gasteiger partial charge in [0.1, 0.15) is 18.2 Å². The highest BCUT2D eigenvalue weighted by Crippen LogP contribution is 2.49. The van der Waals surface area contributed by atoms with Crippen molar-refractivity contribution in [2.24, 2.45) is 0 Å². The Morgan fingerprint density at radius 3 is 2.64 bits per heavy atom. The minimum Gasteiger partial charge on any atom is -0.454 e. The molecule has 0 bridgehead atoms. The number of carbonyl (C=O) groups excluding carboxylic acids is 2. The van der Waals surface area contributed by atoms with Crippen molar-refractivity contribution in [3.63, 3.8) is 0 Å². The Kier molecular flexibility index (Phi) is 7.55. The maximum absolute atomic E-state index is 13.9. The summed E-state index contributed by atoms with van der Waals surface area (Å²) in [5.74, 6) is 1.02. The minimum absolute atomic E-state index is 0.145. The average Bonchev–Trinajstić information content (AvgIpc) is 3.50. The van der Waals surface area contributed by atoms with Crippen LogP contribution in [0.2, 0.25) is 0 Å². The third-order valence-electron chi connectivity index (χ3n) is 6.50. The topological polar surface area (TPSA) is 94.9 Å². The Balaban J connectivity index is 1.70. The van der Waals surface area contributed by atoms with Crippen LogP contribution in [-0.2, 0) is 19.7 Å². The third kappa shape index (κ3) is 5.46. The summed E-state index contributed by atoms with van der Waals surface area (Å²) in [5.41, 5.74) is 2.69. The highest BCUT2D eigenvalue weighted by Gasteiger charge is 2.40. The largest absolute Gasteiger partial charge is 0.454 e. The van der Waals surface area contributed by atoms with E-state index in [-0.39, 0.29) is 42.0 Å². The second-order valence-electron chi connectivity index (χ2n) is 10.4. The van der Waals surface area contributed by atoms with Gasteiger partial charge in [-0.05, 0) is 42.0 Å². The fraction of sp³-hybridized carbons (Fsp3) is 0.393. The molecule has 1 aromatic heterocycles. The molecule has 206 valence electrons. The van der Waals surface area contributed by atoms with E-state index >= 15 is 0 Å². The van der Waals surface area contributed by atoms with Crippen molar-refractivity contribution < 1.29 is 28.2 Å². The number of methoxy groups -OCH3 is 1. The molecule has 2 amide bonds. The molecule has 1 unspecified atom stereocenters. The van der Waals surface area contributed by atoms with Crippen LogP contribution in [-0.4, -0.2) is 60.9 Å². The molecular weight excluding hydrogens is 523 g/mol. The molecule has 1 N–H and O–H groups in total. The predicted octanol–water partition coefficient (Wildman–Crippen LogP) is 3.97. The summed E-state index contributed by atoms with van der Waals surface area (Å²) in [7, 11) is 1.56. The lowest BCUT2D eigenvalue weighted by Crippen LogP contribution is -2.43. The van der Waals surface area contributed by atoms with Crippen LogP contribution in [0.1, 0.15) is 42.8 Å². The fourth-order valence-corrected chi connectivity index (χ4v) is 5.85. The number of amides is 2. The predicted molar refractivity (Wildman–Crippen MR) is 146 cm³/mol. The number of carbonyl (C=O) groups is 2. The molecule has 1 atom stereocenters. The number of aromatic nitrogens is 2. The molecule has 39 heavy (non-hydrogen) atoms. The molecule has 0 spiro atoms. The van der Waals surface area contributed by atoms with Gasteiger partial charge in [-0.2, -0.15) is 5.10 Å². The van der Waals surface area contributed by atoms with Gasteiger partial charge in [-0.25, -0.2) is 9.07 Å². The maximum Gasteiger partial charge on any atom is 0.240 e. The maximum atomic E-state index is 13.9. The molecule has 11 heteroatoms. The summed E-state index contributed by atoms with van der Waals surface area (Å²) in [5, 5.41) is 7.51. The van der Waals surface area contributed by atoms with Crippen LogP contribution >= 0.6 is 11.8 Å². The molecule has 0 fully saturated rings. The summed E-state index contributed by atoms with van der Waals surface area (Å²) in [6.45, 7) is 6.81. The van der Waals surface area contributed by atoms with E-state index in [1.807, 2.05) is 18.2 Å². The first-order valence-corrected chi connectivity index (χ1v) is 13.7. The SMILES string of the molecule is COCCNC(=O)CN1C(=O)CSC(c2ccc3c(c2)OCO3)c2c(C(C)(C)C)nn(-c3ccc(F)cc3)c21. The summed E-state index contributed by atoms with van der Waals surface area (Å²) in [4.78, 5) is 28.1. The number of rotatable bonds is 7. The van der Waals surface area contributed by atoms with Crippen molar-refractivity contribution in [3.05, 3.63) is 65.1 Å². The number of anilines is 1. The van der Waals surface area contributed by atoms with Crippen LogP contribution < -0.4 is 19.7 Å². The number of hydrogen-bond donors (Lipinski definition) is 1. The number of benzene rings is 2. The van der Waals surface area contributed by atoms with Gasteiger partial charge < -0.3 is 19.5 Å². The number of halogens is 1. The van der Waals surface area contributed by atoms with Gasteiger partial charge in [0, 0.05) is 24.6 Å². The van der Waals surface area contributed by atoms with Crippen LogP contribution in [0.5, 0.6) is 11.5 Å². The third-order valence-corrected chi connectivity index (χ3v) is 7.75. The molecule has 0 saturated carbocycles. The highest BCUT2D eigenvalue weighted by molar-refractivity contribution is 8.00. The van der Waals surface area contributed by atoms with Gasteiger partial charge in [0.2, 0.25) is 18.6 Å². The van der Waals surface area contributed by atoms with Gasteiger partial charge in [-0.3, -0.25) is 14.5 Å². The van der Waals surface area contributed by atoms with Crippen LogP contribution in [0, 0.1) is 5.82 Å². The van der Waals surface area contributed by atoms with E-state index in [0.29, 0.717) is 36.2 Å². The number of hydrogen-bond acceptors (Lipinski definition) is 7. The van der Waals surface area contributed by atoms with E-state index in [1.54, 1.807) is 23.9 Å². The molecule has 3 heterocycles. The smallest absolute Gasteiger partial charge is 0.240 e. The van der Waals surface area contributed by atoms with E-state index in [1.165, 1.54) is 28.8 Å². The van der Waals surface area contributed by atoms with Gasteiger partial charge in [0.15, 0.2) is 11.5 Å². The Labute approximate surface area is 230 Å². The van der Waals surface area contributed by atoms with Crippen molar-refractivity contribution in [1.29, 1.82) is 0 Å². The van der Waals surface area contributed by atoms with E-state index < -0.39 is 5.41 Å². The lowest BCUT2D eigenvalue weighted by atomic mass is 9.87. The number of thioether (sulfide) groups is 1. The first-order chi connectivity index (χ1) is 18.7. The monoisotopic (exact) mass is 554 g/mol. The molecule has 0 aliphatic carbocycles. The Hall–Kier alpha value is -3.57. The van der Waals surface area contributed by atoms with Crippen molar-refractivity contribution in [1.82, 2.24) is 15.1 Å². The van der Waals surface area contributed by atoms with Gasteiger partial charge in [0.05, 0.1) is 29.0 Å². The van der Waals surface area contributed by atoms with E-state index in [0.717, 1.165) is 16.8 Å². The zero-order valence-corrected chi connectivity index (χ0v) is 23.1. The summed E-state index contributed by atoms with van der Waals surface area (Å²) in [6.07, 6.45) is 0. The Bertz CT molecular complexity index is 1390. The number of nitrogens with zero attached hydrogens (tertiary/aromatic N) is 3. The second kappa shape index (κ2) is 10.9. The first kappa shape index (κ1) is 27.0. The number of ether oxygens (including phenoxy) is 3. The fourth-order valence-electron chi connectivity index (χ4n) is 4.67. The van der Waals surface area contributed by atoms with Gasteiger partial charge >= 0.3 is 0 Å². The Morgan fingerprint density at radius 1 is 1.18 bits per heavy atom. The van der Waals surface area contributed by atoms with Crippen LogP contribution in [0.3, 0.4) is 0 Å². The lowest BCUT2D eigenvalue weighted by molar-refractivity contribution is -0.123. The van der Waals surface area contributed by atoms with Crippen molar-refractivity contribution in [3.8, 4) is 17.2 Å². The highest BCUT2D eigenvalue weighted by atomic mass is 32.2. The molecule has 0 saturated heterocycles. The molecule has 3 aromatic rings. The molecule has 2 aliphatic heterocycles. The lowest BCUT2D eigenvalue weighted by Gasteiger charge is -2.24. The summed E-state index contributed by atoms with van der Waals surface area (Å²) < 4.78 is 31.7. The van der Waals surface area contributed by atoms with Crippen LogP contribution in [0.4, 0.5) is 10.2 Å². The molecule has 2 aromatic carbocycles. The van der Waals surface area contributed by atoms with Crippen LogP contribution in [0.15, 0.2) is 42.5 Å². The van der Waals surface area contributed by atoms with E-state index in [9.17, 15) is 14.0 Å². The average molecular weight is 555 g/mol. The molecule has 9 nitrogen and oxygen atoms in total. The minimum atomic E-state index is -0.412. The summed E-state index contributed by atoms with van der Waals surface area (Å²) in [6, 6.07) is 11.7. The van der Waals surface area contributed by atoms with Crippen molar-refractivity contribution >= 4 is 29.4 Å². The van der Waals surface area contributed by atoms with Crippen molar-refractivity contribution in [2.75, 3.05) is 44.3 Å². The number of fused-ring (bicyclic) bond motifs is 2. The molecule has 2 aliphatic rings. The quantitative estimate of drug-likeness (QED) is 0.442. The second-order valence-corrected chi connectivity index (χ2v) is 11.4. The van der Waals surface area contributed by atoms with Crippen LogP contribution in [0.25, 0.3) is 5.69 Å². The number of nitrogens with one attached hydrogen (secondary N) is 1. The molecule has 0 radical (unpaired) electrons. The van der Waals surface area contributed by atoms with Gasteiger partial charge in [-0.1, -0.05) is 26.8 Å². The van der Waals surface area contributed by atoms with Gasteiger partial charge in [-0.15, -0.1) is 11.8 Å². The Morgan fingerprint density at radius 2 is 1.92 bits per heavy atom. The normalized spacial score (nSPS) is 16.7. The van der Waals surface area contributed by atoms with Gasteiger partial charge in [0.25, 0.3) is 0 Å². The van der Waals surface area contributed by atoms with E-state index in [2.05, 4.69) is 26.1 Å². The summed E-state index contributed by atoms with van der Waals surface area (Å²) >= 11 is 1.47. The molecular formula is C28H31FN4O5S. The first-order valence-electron chi connectivity index (χ1n) is 12.6.